The lowest BCUT2D eigenvalue weighted by atomic mass is 9.71. The molecule has 1 spiro atoms. The number of benzene rings is 1. The Labute approximate surface area is 200 Å². The van der Waals surface area contributed by atoms with Crippen LogP contribution in [0.15, 0.2) is 53.2 Å². The highest BCUT2D eigenvalue weighted by Gasteiger charge is 2.84. The fourth-order valence-electron chi connectivity index (χ4n) is 8.21. The van der Waals surface area contributed by atoms with E-state index >= 15 is 0 Å². The van der Waals surface area contributed by atoms with Crippen LogP contribution in [0.5, 0.6) is 0 Å². The molecule has 1 aromatic carbocycles. The molecular formula is C27H32N2O5. The summed E-state index contributed by atoms with van der Waals surface area (Å²) in [4.78, 5) is 15.0. The number of allylic oxidation sites excluding steroid dienone is 1. The van der Waals surface area contributed by atoms with Crippen LogP contribution in [0.2, 0.25) is 0 Å². The van der Waals surface area contributed by atoms with Crippen LogP contribution in [0, 0.1) is 17.8 Å². The van der Waals surface area contributed by atoms with Gasteiger partial charge in [0.15, 0.2) is 5.76 Å². The molecule has 0 aliphatic carbocycles. The van der Waals surface area contributed by atoms with Gasteiger partial charge in [0, 0.05) is 30.5 Å². The van der Waals surface area contributed by atoms with Gasteiger partial charge in [0.05, 0.1) is 30.2 Å². The van der Waals surface area contributed by atoms with Gasteiger partial charge in [-0.1, -0.05) is 37.3 Å². The normalized spacial score (nSPS) is 46.2. The molecule has 1 N–H and O–H groups in total. The first kappa shape index (κ1) is 21.0. The van der Waals surface area contributed by atoms with E-state index in [0.717, 1.165) is 25.9 Å². The van der Waals surface area contributed by atoms with Crippen LogP contribution in [-0.4, -0.2) is 54.5 Å². The summed E-state index contributed by atoms with van der Waals surface area (Å²) in [5.74, 6) is 1.22. The Morgan fingerprint density at radius 2 is 2.09 bits per heavy atom. The molecule has 1 unspecified atom stereocenters. The number of fused-ring (bicyclic) bond motifs is 1. The van der Waals surface area contributed by atoms with Crippen molar-refractivity contribution < 1.29 is 23.7 Å². The zero-order chi connectivity index (χ0) is 23.4. The van der Waals surface area contributed by atoms with Gasteiger partial charge in [-0.3, -0.25) is 4.90 Å². The molecule has 0 saturated carbocycles. The maximum Gasteiger partial charge on any atom is 0.343 e. The van der Waals surface area contributed by atoms with Crippen molar-refractivity contribution in [2.45, 2.75) is 63.1 Å². The van der Waals surface area contributed by atoms with Crippen LogP contribution in [0.3, 0.4) is 0 Å². The second kappa shape index (κ2) is 6.86. The molecule has 6 aliphatic heterocycles. The van der Waals surface area contributed by atoms with Gasteiger partial charge >= 0.3 is 5.97 Å². The van der Waals surface area contributed by atoms with Crippen molar-refractivity contribution in [2.75, 3.05) is 20.2 Å². The highest BCUT2D eigenvalue weighted by Crippen LogP contribution is 2.72. The Morgan fingerprint density at radius 1 is 1.29 bits per heavy atom. The summed E-state index contributed by atoms with van der Waals surface area (Å²) < 4.78 is 24.9. The molecule has 9 atom stereocenters. The van der Waals surface area contributed by atoms with Crippen LogP contribution < -0.4 is 5.32 Å². The topological polar surface area (TPSA) is 69.3 Å². The lowest BCUT2D eigenvalue weighted by Crippen LogP contribution is -2.64. The summed E-state index contributed by atoms with van der Waals surface area (Å²) >= 11 is 0. The largest absolute Gasteiger partial charge is 0.492 e. The number of hydrogen-bond donors (Lipinski definition) is 1. The minimum absolute atomic E-state index is 0.0494. The van der Waals surface area contributed by atoms with E-state index in [2.05, 4.69) is 54.4 Å². The third-order valence-corrected chi connectivity index (χ3v) is 9.59. The van der Waals surface area contributed by atoms with Gasteiger partial charge in [-0.05, 0) is 38.8 Å². The van der Waals surface area contributed by atoms with E-state index in [1.54, 1.807) is 14.0 Å². The quantitative estimate of drug-likeness (QED) is 0.671. The first-order valence-electron chi connectivity index (χ1n) is 12.6. The highest BCUT2D eigenvalue weighted by atomic mass is 16.7. The van der Waals surface area contributed by atoms with Crippen molar-refractivity contribution in [1.82, 2.24) is 10.2 Å². The third-order valence-electron chi connectivity index (χ3n) is 9.59. The van der Waals surface area contributed by atoms with E-state index in [1.807, 2.05) is 0 Å². The molecule has 34 heavy (non-hydrogen) atoms. The Balaban J connectivity index is 1.24. The molecule has 5 saturated heterocycles. The molecule has 7 heteroatoms. The van der Waals surface area contributed by atoms with Crippen molar-refractivity contribution in [1.29, 1.82) is 0 Å². The molecule has 6 heterocycles. The number of carbonyl (C=O) groups is 1. The summed E-state index contributed by atoms with van der Waals surface area (Å²) in [7, 11) is 1.58. The second-order valence-corrected chi connectivity index (χ2v) is 10.8. The fourth-order valence-corrected chi connectivity index (χ4v) is 8.21. The standard InChI is InChI=1S/C27H32N2O5/c1-14-21-18-12-20-26(13-28-16(3)17-8-6-5-7-9-17)19(10-11-29(18)26)27(21,33-20)34-23(14)24-22(31-4)15(2)25(30)32-24/h5-9,14,16,18-21,28H,10-13H2,1-4H3/b24-23-/t14-,16+,18-,19+,20-,21+,26+,27+/m0/s1. The van der Waals surface area contributed by atoms with E-state index in [-0.39, 0.29) is 41.4 Å². The first-order valence-corrected chi connectivity index (χ1v) is 12.6. The van der Waals surface area contributed by atoms with Crippen molar-refractivity contribution in [3.63, 3.8) is 0 Å². The first-order chi connectivity index (χ1) is 16.4. The minimum Gasteiger partial charge on any atom is -0.492 e. The number of piperidine rings is 1. The van der Waals surface area contributed by atoms with E-state index in [9.17, 15) is 4.79 Å². The molecule has 1 aromatic rings. The summed E-state index contributed by atoms with van der Waals surface area (Å²) in [5, 5.41) is 3.84. The molecule has 180 valence electrons. The summed E-state index contributed by atoms with van der Waals surface area (Å²) in [6.07, 6.45) is 2.25. The van der Waals surface area contributed by atoms with Crippen LogP contribution in [0.1, 0.15) is 45.2 Å². The molecule has 7 rings (SSSR count). The lowest BCUT2D eigenvalue weighted by Gasteiger charge is -2.48. The molecule has 0 amide bonds. The maximum atomic E-state index is 12.3. The number of nitrogens with one attached hydrogen (secondary N) is 1. The average molecular weight is 465 g/mol. The van der Waals surface area contributed by atoms with Crippen LogP contribution >= 0.6 is 0 Å². The molecule has 0 radical (unpaired) electrons. The van der Waals surface area contributed by atoms with Gasteiger partial charge in [-0.2, -0.15) is 0 Å². The molecule has 0 aromatic heterocycles. The zero-order valence-electron chi connectivity index (χ0n) is 20.2. The smallest absolute Gasteiger partial charge is 0.343 e. The van der Waals surface area contributed by atoms with Gasteiger partial charge in [0.2, 0.25) is 11.5 Å². The number of nitrogens with zero attached hydrogens (tertiary/aromatic N) is 1. The van der Waals surface area contributed by atoms with Crippen molar-refractivity contribution >= 4 is 5.97 Å². The van der Waals surface area contributed by atoms with Crippen LogP contribution in [0.25, 0.3) is 0 Å². The molecule has 7 nitrogen and oxygen atoms in total. The van der Waals surface area contributed by atoms with Gasteiger partial charge in [-0.15, -0.1) is 0 Å². The maximum absolute atomic E-state index is 12.3. The van der Waals surface area contributed by atoms with E-state index in [1.165, 1.54) is 5.56 Å². The van der Waals surface area contributed by atoms with Gasteiger partial charge in [-0.25, -0.2) is 4.79 Å². The molecule has 5 bridgehead atoms. The summed E-state index contributed by atoms with van der Waals surface area (Å²) in [5.41, 5.74) is 1.74. The third kappa shape index (κ3) is 2.31. The van der Waals surface area contributed by atoms with Crippen molar-refractivity contribution in [3.8, 4) is 0 Å². The SMILES string of the molecule is COC1=C(C)C(=O)O/C1=C1\O[C@@]23O[C@H]4C[C@@H]([C@H]2[C@@H]1C)N1CC[C@@H]3[C@]41CN[C@H](C)c1ccccc1. The van der Waals surface area contributed by atoms with Crippen molar-refractivity contribution in [2.24, 2.45) is 17.8 Å². The Hall–Kier alpha value is -2.35. The average Bonchev–Trinajstić information content (AvgIpc) is 3.56. The zero-order valence-corrected chi connectivity index (χ0v) is 20.2. The van der Waals surface area contributed by atoms with Gasteiger partial charge in [0.25, 0.3) is 0 Å². The number of carbonyl (C=O) groups excluding carboxylic acids is 1. The molecule has 5 fully saturated rings. The Kier molecular flexibility index (Phi) is 4.24. The van der Waals surface area contributed by atoms with E-state index < -0.39 is 5.79 Å². The van der Waals surface area contributed by atoms with Crippen LogP contribution in [0.4, 0.5) is 0 Å². The van der Waals surface area contributed by atoms with E-state index in [0.29, 0.717) is 28.9 Å². The fraction of sp³-hybridized carbons (Fsp3) is 0.593. The minimum atomic E-state index is -0.651. The number of ether oxygens (including phenoxy) is 4. The monoisotopic (exact) mass is 464 g/mol. The number of hydrogen-bond acceptors (Lipinski definition) is 7. The Morgan fingerprint density at radius 3 is 2.85 bits per heavy atom. The summed E-state index contributed by atoms with van der Waals surface area (Å²) in [6.45, 7) is 8.13. The number of cyclic esters (lactones) is 1. The highest BCUT2D eigenvalue weighted by molar-refractivity contribution is 5.93. The number of esters is 1. The van der Waals surface area contributed by atoms with Crippen molar-refractivity contribution in [3.05, 3.63) is 58.7 Å². The second-order valence-electron chi connectivity index (χ2n) is 10.8. The van der Waals surface area contributed by atoms with Gasteiger partial charge in [0.1, 0.15) is 5.76 Å². The number of rotatable bonds is 5. The lowest BCUT2D eigenvalue weighted by molar-refractivity contribution is -0.255. The van der Waals surface area contributed by atoms with E-state index in [4.69, 9.17) is 18.9 Å². The Bertz CT molecular complexity index is 1130. The van der Waals surface area contributed by atoms with Gasteiger partial charge < -0.3 is 24.3 Å². The number of methoxy groups -OCH3 is 1. The van der Waals surface area contributed by atoms with Crippen LogP contribution in [-0.2, 0) is 23.7 Å². The molecule has 6 aliphatic rings. The summed E-state index contributed by atoms with van der Waals surface area (Å²) in [6, 6.07) is 11.3. The predicted octanol–water partition coefficient (Wildman–Crippen LogP) is 3.25. The predicted molar refractivity (Wildman–Crippen MR) is 123 cm³/mol. The molecular weight excluding hydrogens is 432 g/mol.